The molecule has 0 aliphatic carbocycles. The van der Waals surface area contributed by atoms with Crippen LogP contribution in [-0.2, 0) is 6.42 Å². The zero-order valence-corrected chi connectivity index (χ0v) is 11.6. The molecule has 1 aromatic carbocycles. The van der Waals surface area contributed by atoms with Gasteiger partial charge in [0.15, 0.2) is 0 Å². The average Bonchev–Trinajstić information content (AvgIpc) is 2.37. The number of unbranched alkanes of at least 4 members (excludes halogenated alkanes) is 1. The molecule has 1 unspecified atom stereocenters. The van der Waals surface area contributed by atoms with Gasteiger partial charge in [0.25, 0.3) is 0 Å². The van der Waals surface area contributed by atoms with Crippen molar-refractivity contribution in [1.82, 2.24) is 0 Å². The third-order valence-electron chi connectivity index (χ3n) is 3.59. The Hall–Kier alpha value is -0.560. The van der Waals surface area contributed by atoms with Crippen LogP contribution in [0.4, 0.5) is 4.39 Å². The second kappa shape index (κ2) is 7.00. The third-order valence-corrected chi connectivity index (χ3v) is 4.15. The van der Waals surface area contributed by atoms with Gasteiger partial charge in [-0.3, -0.25) is 0 Å². The van der Waals surface area contributed by atoms with Crippen molar-refractivity contribution in [2.75, 3.05) is 5.88 Å². The van der Waals surface area contributed by atoms with Crippen molar-refractivity contribution in [1.29, 1.82) is 0 Å². The Bertz CT molecular complexity index is 314. The van der Waals surface area contributed by atoms with Gasteiger partial charge in [0.1, 0.15) is 5.82 Å². The van der Waals surface area contributed by atoms with E-state index in [0.717, 1.165) is 19.3 Å². The lowest BCUT2D eigenvalue weighted by atomic mass is 9.77. The summed E-state index contributed by atoms with van der Waals surface area (Å²) in [6, 6.07) is 6.81. The van der Waals surface area contributed by atoms with E-state index in [1.54, 1.807) is 0 Å². The first kappa shape index (κ1) is 14.5. The molecule has 0 spiro atoms. The monoisotopic (exact) mass is 256 g/mol. The summed E-state index contributed by atoms with van der Waals surface area (Å²) < 4.78 is 12.9. The van der Waals surface area contributed by atoms with Crippen LogP contribution in [-0.4, -0.2) is 5.88 Å². The number of hydrogen-bond donors (Lipinski definition) is 0. The van der Waals surface area contributed by atoms with E-state index in [-0.39, 0.29) is 11.2 Å². The molecular weight excluding hydrogens is 235 g/mol. The van der Waals surface area contributed by atoms with Gasteiger partial charge in [-0.2, -0.15) is 0 Å². The number of rotatable bonds is 7. The van der Waals surface area contributed by atoms with E-state index >= 15 is 0 Å². The highest BCUT2D eigenvalue weighted by molar-refractivity contribution is 6.18. The molecular formula is C15H22ClF. The highest BCUT2D eigenvalue weighted by Crippen LogP contribution is 2.34. The molecule has 0 bridgehead atoms. The molecule has 0 N–H and O–H groups in total. The van der Waals surface area contributed by atoms with Crippen molar-refractivity contribution in [2.24, 2.45) is 5.41 Å². The second-order valence-corrected chi connectivity index (χ2v) is 5.16. The van der Waals surface area contributed by atoms with Crippen molar-refractivity contribution in [3.05, 3.63) is 35.6 Å². The minimum Gasteiger partial charge on any atom is -0.207 e. The summed E-state index contributed by atoms with van der Waals surface area (Å²) in [5.41, 5.74) is 1.36. The lowest BCUT2D eigenvalue weighted by Gasteiger charge is -2.31. The summed E-state index contributed by atoms with van der Waals surface area (Å²) in [6.07, 6.45) is 5.59. The number of alkyl halides is 1. The van der Waals surface area contributed by atoms with Crippen LogP contribution in [0.5, 0.6) is 0 Å². The zero-order valence-electron chi connectivity index (χ0n) is 10.8. The van der Waals surface area contributed by atoms with Crippen molar-refractivity contribution in [3.63, 3.8) is 0 Å². The fraction of sp³-hybridized carbons (Fsp3) is 0.600. The molecule has 1 atom stereocenters. The molecule has 1 rings (SSSR count). The van der Waals surface area contributed by atoms with Gasteiger partial charge in [0.2, 0.25) is 0 Å². The molecule has 2 heteroatoms. The molecule has 0 saturated carbocycles. The van der Waals surface area contributed by atoms with E-state index in [4.69, 9.17) is 11.6 Å². The van der Waals surface area contributed by atoms with Gasteiger partial charge in [-0.25, -0.2) is 4.39 Å². The quantitative estimate of drug-likeness (QED) is 0.589. The van der Waals surface area contributed by atoms with Crippen molar-refractivity contribution >= 4 is 11.6 Å². The highest BCUT2D eigenvalue weighted by atomic mass is 35.5. The molecule has 0 amide bonds. The van der Waals surface area contributed by atoms with Gasteiger partial charge in [0, 0.05) is 5.88 Å². The first-order chi connectivity index (χ1) is 8.15. The minimum atomic E-state index is -0.171. The van der Waals surface area contributed by atoms with E-state index in [0.29, 0.717) is 5.88 Å². The lowest BCUT2D eigenvalue weighted by Crippen LogP contribution is -2.25. The van der Waals surface area contributed by atoms with Crippen LogP contribution in [0.1, 0.15) is 45.1 Å². The first-order valence-electron chi connectivity index (χ1n) is 6.46. The van der Waals surface area contributed by atoms with Crippen molar-refractivity contribution in [2.45, 2.75) is 46.0 Å². The van der Waals surface area contributed by atoms with E-state index in [1.165, 1.54) is 30.5 Å². The Morgan fingerprint density at radius 1 is 1.18 bits per heavy atom. The predicted molar refractivity (Wildman–Crippen MR) is 73.1 cm³/mol. The summed E-state index contributed by atoms with van der Waals surface area (Å²) in [7, 11) is 0. The third kappa shape index (κ3) is 4.31. The molecule has 1 aromatic rings. The van der Waals surface area contributed by atoms with Gasteiger partial charge in [-0.15, -0.1) is 11.6 Å². The molecule has 0 aliphatic rings. The van der Waals surface area contributed by atoms with Gasteiger partial charge < -0.3 is 0 Å². The van der Waals surface area contributed by atoms with E-state index in [1.807, 2.05) is 12.1 Å². The average molecular weight is 257 g/mol. The summed E-state index contributed by atoms with van der Waals surface area (Å²) in [6.45, 7) is 4.40. The minimum absolute atomic E-state index is 0.171. The van der Waals surface area contributed by atoms with Gasteiger partial charge in [-0.05, 0) is 42.4 Å². The molecule has 0 fully saturated rings. The Labute approximate surface area is 109 Å². The molecule has 0 aliphatic heterocycles. The molecule has 0 aromatic heterocycles. The predicted octanol–water partition coefficient (Wildman–Crippen LogP) is 5.19. The number of benzene rings is 1. The van der Waals surface area contributed by atoms with Crippen molar-refractivity contribution in [3.8, 4) is 0 Å². The van der Waals surface area contributed by atoms with Crippen LogP contribution >= 0.6 is 11.6 Å². The Kier molecular flexibility index (Phi) is 5.97. The number of halogens is 2. The molecule has 0 radical (unpaired) electrons. The first-order valence-corrected chi connectivity index (χ1v) is 6.99. The maximum absolute atomic E-state index is 12.9. The standard InChI is InChI=1S/C15H22ClF/c1-3-5-10-15(4-2,12-16)11-13-6-8-14(17)9-7-13/h6-9H,3-5,10-12H2,1-2H3. The van der Waals surface area contributed by atoms with Crippen LogP contribution in [0.3, 0.4) is 0 Å². The Morgan fingerprint density at radius 3 is 2.29 bits per heavy atom. The van der Waals surface area contributed by atoms with Gasteiger partial charge in [-0.1, -0.05) is 38.8 Å². The van der Waals surface area contributed by atoms with E-state index < -0.39 is 0 Å². The van der Waals surface area contributed by atoms with Crippen LogP contribution in [0.25, 0.3) is 0 Å². The van der Waals surface area contributed by atoms with E-state index in [9.17, 15) is 4.39 Å². The fourth-order valence-electron chi connectivity index (χ4n) is 2.19. The van der Waals surface area contributed by atoms with Gasteiger partial charge in [0.05, 0.1) is 0 Å². The van der Waals surface area contributed by atoms with Crippen molar-refractivity contribution < 1.29 is 4.39 Å². The van der Waals surface area contributed by atoms with Gasteiger partial charge >= 0.3 is 0 Å². The number of hydrogen-bond acceptors (Lipinski definition) is 0. The highest BCUT2D eigenvalue weighted by Gasteiger charge is 2.26. The van der Waals surface area contributed by atoms with Crippen LogP contribution < -0.4 is 0 Å². The Balaban J connectivity index is 2.74. The normalized spacial score (nSPS) is 14.6. The second-order valence-electron chi connectivity index (χ2n) is 4.89. The molecule has 0 heterocycles. The molecule has 96 valence electrons. The van der Waals surface area contributed by atoms with E-state index in [2.05, 4.69) is 13.8 Å². The maximum Gasteiger partial charge on any atom is 0.123 e. The smallest absolute Gasteiger partial charge is 0.123 e. The van der Waals surface area contributed by atoms with Crippen LogP contribution in [0, 0.1) is 11.2 Å². The fourth-order valence-corrected chi connectivity index (χ4v) is 2.60. The SMILES string of the molecule is CCCCC(CC)(CCl)Cc1ccc(F)cc1. The summed E-state index contributed by atoms with van der Waals surface area (Å²) in [4.78, 5) is 0. The summed E-state index contributed by atoms with van der Waals surface area (Å²) in [5.74, 6) is 0.510. The summed E-state index contributed by atoms with van der Waals surface area (Å²) >= 11 is 6.17. The summed E-state index contributed by atoms with van der Waals surface area (Å²) in [5, 5.41) is 0. The largest absolute Gasteiger partial charge is 0.207 e. The molecule has 17 heavy (non-hydrogen) atoms. The molecule has 0 nitrogen and oxygen atoms in total. The lowest BCUT2D eigenvalue weighted by molar-refractivity contribution is 0.279. The maximum atomic E-state index is 12.9. The zero-order chi connectivity index (χ0) is 12.7. The molecule has 0 saturated heterocycles. The van der Waals surface area contributed by atoms with Crippen LogP contribution in [0.2, 0.25) is 0 Å². The van der Waals surface area contributed by atoms with Crippen LogP contribution in [0.15, 0.2) is 24.3 Å². The topological polar surface area (TPSA) is 0 Å². The Morgan fingerprint density at radius 2 is 1.82 bits per heavy atom.